The van der Waals surface area contributed by atoms with Gasteiger partial charge in [-0.15, -0.1) is 13.2 Å². The summed E-state index contributed by atoms with van der Waals surface area (Å²) in [5.74, 6) is -0.356. The second-order valence-corrected chi connectivity index (χ2v) is 4.15. The number of hydrogen-bond donors (Lipinski definition) is 1. The van der Waals surface area contributed by atoms with Crippen LogP contribution < -0.4 is 10.5 Å². The molecule has 1 aromatic heterocycles. The molecule has 7 heteroatoms. The summed E-state index contributed by atoms with van der Waals surface area (Å²) < 4.78 is 41.2. The average Bonchev–Trinajstić information content (AvgIpc) is 2.40. The van der Waals surface area contributed by atoms with Crippen LogP contribution in [0.15, 0.2) is 36.5 Å². The lowest BCUT2D eigenvalue weighted by molar-refractivity contribution is -0.274. The number of rotatable bonds is 3. The Labute approximate surface area is 118 Å². The van der Waals surface area contributed by atoms with Crippen molar-refractivity contribution in [2.75, 3.05) is 5.73 Å². The lowest BCUT2D eigenvalue weighted by Gasteiger charge is -2.13. The highest BCUT2D eigenvalue weighted by Gasteiger charge is 2.32. The van der Waals surface area contributed by atoms with Crippen molar-refractivity contribution in [3.8, 4) is 23.1 Å². The zero-order valence-electron chi connectivity index (χ0n) is 10.7. The molecule has 0 amide bonds. The first-order valence-electron chi connectivity index (χ1n) is 5.87. The normalized spacial score (nSPS) is 11.0. The molecule has 0 saturated carbocycles. The highest BCUT2D eigenvalue weighted by atomic mass is 19.4. The molecular weight excluding hydrogens is 283 g/mol. The number of ether oxygens (including phenoxy) is 1. The lowest BCUT2D eigenvalue weighted by atomic mass is 10.1. The van der Waals surface area contributed by atoms with Crippen molar-refractivity contribution in [3.05, 3.63) is 42.1 Å². The first-order chi connectivity index (χ1) is 9.90. The van der Waals surface area contributed by atoms with E-state index in [0.29, 0.717) is 11.3 Å². The van der Waals surface area contributed by atoms with Gasteiger partial charge in [0.2, 0.25) is 0 Å². The molecule has 4 nitrogen and oxygen atoms in total. The maximum absolute atomic E-state index is 12.4. The van der Waals surface area contributed by atoms with E-state index < -0.39 is 6.36 Å². The number of nitrogens with two attached hydrogens (primary N) is 1. The zero-order valence-corrected chi connectivity index (χ0v) is 10.7. The molecule has 2 aromatic rings. The Bertz CT molecular complexity index is 693. The second-order valence-electron chi connectivity index (χ2n) is 4.15. The number of alkyl halides is 3. The van der Waals surface area contributed by atoms with Crippen LogP contribution in [-0.4, -0.2) is 11.3 Å². The number of nitrogens with zero attached hydrogens (tertiary/aromatic N) is 2. The number of hydrogen-bond acceptors (Lipinski definition) is 4. The summed E-state index contributed by atoms with van der Waals surface area (Å²) in [5, 5.41) is 8.71. The third-order valence-corrected chi connectivity index (χ3v) is 2.68. The summed E-state index contributed by atoms with van der Waals surface area (Å²) in [6.07, 6.45) is -3.44. The van der Waals surface area contributed by atoms with E-state index in [9.17, 15) is 13.2 Å². The van der Waals surface area contributed by atoms with Gasteiger partial charge in [-0.1, -0.05) is 12.1 Å². The number of anilines is 1. The fourth-order valence-electron chi connectivity index (χ4n) is 1.79. The van der Waals surface area contributed by atoms with Crippen molar-refractivity contribution in [1.82, 2.24) is 4.98 Å². The van der Waals surface area contributed by atoms with Crippen LogP contribution in [0.2, 0.25) is 0 Å². The second kappa shape index (κ2) is 5.71. The van der Waals surface area contributed by atoms with Crippen molar-refractivity contribution in [2.24, 2.45) is 0 Å². The smallest absolute Gasteiger partial charge is 0.405 e. The van der Waals surface area contributed by atoms with Crippen molar-refractivity contribution in [3.63, 3.8) is 0 Å². The van der Waals surface area contributed by atoms with E-state index in [1.165, 1.54) is 30.5 Å². The van der Waals surface area contributed by atoms with Gasteiger partial charge in [0.15, 0.2) is 0 Å². The minimum atomic E-state index is -4.79. The van der Waals surface area contributed by atoms with E-state index in [4.69, 9.17) is 11.0 Å². The molecule has 21 heavy (non-hydrogen) atoms. The fourth-order valence-corrected chi connectivity index (χ4v) is 1.79. The Hall–Kier alpha value is -2.75. The predicted molar refractivity (Wildman–Crippen MR) is 70.1 cm³/mol. The summed E-state index contributed by atoms with van der Waals surface area (Å²) in [5.41, 5.74) is 6.92. The number of para-hydroxylation sites is 1. The number of aromatic nitrogens is 1. The molecule has 0 unspecified atom stereocenters. The molecule has 0 spiro atoms. The molecule has 0 radical (unpaired) electrons. The average molecular weight is 293 g/mol. The third kappa shape index (κ3) is 3.63. The molecule has 2 rings (SSSR count). The highest BCUT2D eigenvalue weighted by Crippen LogP contribution is 2.33. The van der Waals surface area contributed by atoms with Crippen molar-refractivity contribution < 1.29 is 17.9 Å². The van der Waals surface area contributed by atoms with Gasteiger partial charge in [-0.05, 0) is 23.8 Å². The SMILES string of the molecule is N#CCc1cc(-c2ccccc2OC(F)(F)F)ncc1N. The van der Waals surface area contributed by atoms with Crippen LogP contribution in [0.4, 0.5) is 18.9 Å². The largest absolute Gasteiger partial charge is 0.573 e. The molecule has 0 atom stereocenters. The van der Waals surface area contributed by atoms with Gasteiger partial charge >= 0.3 is 6.36 Å². The molecule has 1 heterocycles. The van der Waals surface area contributed by atoms with Crippen LogP contribution in [0.1, 0.15) is 5.56 Å². The van der Waals surface area contributed by atoms with E-state index in [0.717, 1.165) is 0 Å². The van der Waals surface area contributed by atoms with E-state index >= 15 is 0 Å². The monoisotopic (exact) mass is 293 g/mol. The van der Waals surface area contributed by atoms with Gasteiger partial charge in [0.25, 0.3) is 0 Å². The first kappa shape index (κ1) is 14.7. The Morgan fingerprint density at radius 2 is 2.00 bits per heavy atom. The van der Waals surface area contributed by atoms with Crippen LogP contribution in [-0.2, 0) is 6.42 Å². The molecule has 0 bridgehead atoms. The molecule has 0 aliphatic heterocycles. The minimum Gasteiger partial charge on any atom is -0.405 e. The molecule has 2 N–H and O–H groups in total. The molecule has 108 valence electrons. The molecule has 0 aliphatic carbocycles. The van der Waals surface area contributed by atoms with E-state index in [1.54, 1.807) is 6.07 Å². The van der Waals surface area contributed by atoms with Gasteiger partial charge in [0.05, 0.1) is 30.1 Å². The first-order valence-corrected chi connectivity index (χ1v) is 5.87. The van der Waals surface area contributed by atoms with Crippen molar-refractivity contribution >= 4 is 5.69 Å². The maximum atomic E-state index is 12.4. The summed E-state index contributed by atoms with van der Waals surface area (Å²) in [4.78, 5) is 4.00. The highest BCUT2D eigenvalue weighted by molar-refractivity contribution is 5.69. The summed E-state index contributed by atoms with van der Waals surface area (Å²) in [7, 11) is 0. The van der Waals surface area contributed by atoms with Gasteiger partial charge in [-0.2, -0.15) is 5.26 Å². The van der Waals surface area contributed by atoms with Gasteiger partial charge in [-0.3, -0.25) is 4.98 Å². The third-order valence-electron chi connectivity index (χ3n) is 2.68. The summed E-state index contributed by atoms with van der Waals surface area (Å²) in [6, 6.07) is 9.07. The molecule has 0 aliphatic rings. The maximum Gasteiger partial charge on any atom is 0.573 e. The predicted octanol–water partition coefficient (Wildman–Crippen LogP) is 3.30. The van der Waals surface area contributed by atoms with Gasteiger partial charge in [-0.25, -0.2) is 0 Å². The van der Waals surface area contributed by atoms with Gasteiger partial charge < -0.3 is 10.5 Å². The van der Waals surface area contributed by atoms with Gasteiger partial charge in [0.1, 0.15) is 5.75 Å². The standard InChI is InChI=1S/C14H10F3N3O/c15-14(16,17)21-13-4-2-1-3-10(13)12-7-9(5-6-18)11(19)8-20-12/h1-4,7-8H,5,19H2. The Morgan fingerprint density at radius 3 is 2.67 bits per heavy atom. The number of nitriles is 1. The quantitative estimate of drug-likeness (QED) is 0.942. The van der Waals surface area contributed by atoms with Crippen LogP contribution in [0.3, 0.4) is 0 Å². The topological polar surface area (TPSA) is 71.9 Å². The minimum absolute atomic E-state index is 0.0453. The summed E-state index contributed by atoms with van der Waals surface area (Å²) >= 11 is 0. The zero-order chi connectivity index (χ0) is 15.5. The van der Waals surface area contributed by atoms with E-state index in [-0.39, 0.29) is 23.4 Å². The van der Waals surface area contributed by atoms with Crippen molar-refractivity contribution in [2.45, 2.75) is 12.8 Å². The van der Waals surface area contributed by atoms with Gasteiger partial charge in [0, 0.05) is 5.56 Å². The lowest BCUT2D eigenvalue weighted by Crippen LogP contribution is -2.17. The Kier molecular flexibility index (Phi) is 3.98. The van der Waals surface area contributed by atoms with Crippen LogP contribution in [0, 0.1) is 11.3 Å². The number of pyridine rings is 1. The molecule has 0 fully saturated rings. The van der Waals surface area contributed by atoms with Crippen LogP contribution in [0.25, 0.3) is 11.3 Å². The molecule has 0 saturated heterocycles. The Morgan fingerprint density at radius 1 is 1.29 bits per heavy atom. The fraction of sp³-hybridized carbons (Fsp3) is 0.143. The van der Waals surface area contributed by atoms with E-state index in [2.05, 4.69) is 9.72 Å². The van der Waals surface area contributed by atoms with Crippen molar-refractivity contribution in [1.29, 1.82) is 5.26 Å². The van der Waals surface area contributed by atoms with Crippen LogP contribution in [0.5, 0.6) is 5.75 Å². The molecular formula is C14H10F3N3O. The van der Waals surface area contributed by atoms with E-state index in [1.807, 2.05) is 6.07 Å². The number of halogens is 3. The molecule has 1 aromatic carbocycles. The van der Waals surface area contributed by atoms with Crippen LogP contribution >= 0.6 is 0 Å². The number of benzene rings is 1. The summed E-state index contributed by atoms with van der Waals surface area (Å²) in [6.45, 7) is 0. The number of nitrogen functional groups attached to an aromatic ring is 1. The Balaban J connectivity index is 2.47.